The van der Waals surface area contributed by atoms with E-state index in [0.717, 1.165) is 60.8 Å². The Morgan fingerprint density at radius 1 is 0.275 bits per heavy atom. The fraction of sp³-hybridized carbons (Fsp3) is 0.0156. The average Bonchev–Trinajstić information content (AvgIpc) is 4.12. The molecule has 3 heterocycles. The Morgan fingerprint density at radius 3 is 1.36 bits per heavy atom. The van der Waals surface area contributed by atoms with Crippen LogP contribution in [0.15, 0.2) is 237 Å². The van der Waals surface area contributed by atoms with Gasteiger partial charge in [0.1, 0.15) is 0 Å². The second-order valence-electron chi connectivity index (χ2n) is 18.3. The van der Waals surface area contributed by atoms with Gasteiger partial charge in [0, 0.05) is 38.4 Å². The van der Waals surface area contributed by atoms with Gasteiger partial charge in [-0.15, -0.1) is 0 Å². The lowest BCUT2D eigenvalue weighted by molar-refractivity contribution is 0.794. The third-order valence-corrected chi connectivity index (χ3v) is 14.8. The first-order chi connectivity index (χ1) is 34.2. The third-order valence-electron chi connectivity index (χ3n) is 14.8. The molecule has 0 unspecified atom stereocenters. The molecule has 69 heavy (non-hydrogen) atoms. The van der Waals surface area contributed by atoms with Crippen molar-refractivity contribution >= 4 is 43.6 Å². The maximum absolute atomic E-state index is 5.38. The Bertz CT molecular complexity index is 4160. The van der Waals surface area contributed by atoms with Crippen LogP contribution in [0, 0.1) is 0 Å². The van der Waals surface area contributed by atoms with E-state index in [1.165, 1.54) is 55.3 Å². The van der Waals surface area contributed by atoms with Crippen molar-refractivity contribution in [3.8, 4) is 67.8 Å². The van der Waals surface area contributed by atoms with Crippen LogP contribution in [0.25, 0.3) is 111 Å². The van der Waals surface area contributed by atoms with Crippen LogP contribution in [0.2, 0.25) is 0 Å². The monoisotopic (exact) mass is 877 g/mol. The lowest BCUT2D eigenvalue weighted by Crippen LogP contribution is -2.25. The van der Waals surface area contributed by atoms with Gasteiger partial charge in [0.05, 0.1) is 27.5 Å². The highest BCUT2D eigenvalue weighted by Gasteiger charge is 2.51. The maximum Gasteiger partial charge on any atom is 0.238 e. The maximum atomic E-state index is 5.38. The summed E-state index contributed by atoms with van der Waals surface area (Å²) in [5, 5.41) is 4.73. The largest absolute Gasteiger partial charge is 0.309 e. The molecule has 2 aliphatic rings. The molecule has 0 atom stereocenters. The lowest BCUT2D eigenvalue weighted by atomic mass is 9.70. The number of rotatable bonds is 5. The minimum absolute atomic E-state index is 0.458. The molecule has 0 N–H and O–H groups in total. The Balaban J connectivity index is 0.956. The molecule has 0 fully saturated rings. The molecule has 15 rings (SSSR count). The summed E-state index contributed by atoms with van der Waals surface area (Å²) in [5.41, 5.74) is 19.6. The first-order valence-corrected chi connectivity index (χ1v) is 23.6. The molecule has 0 radical (unpaired) electrons. The summed E-state index contributed by atoms with van der Waals surface area (Å²) >= 11 is 0. The third kappa shape index (κ3) is 5.32. The molecular weight excluding hydrogens is 839 g/mol. The zero-order valence-corrected chi connectivity index (χ0v) is 37.3. The van der Waals surface area contributed by atoms with Crippen molar-refractivity contribution < 1.29 is 0 Å². The number of benzene rings is 10. The Labute approximate surface area is 397 Å². The number of aromatic nitrogens is 5. The van der Waals surface area contributed by atoms with Gasteiger partial charge in [-0.2, -0.15) is 9.97 Å². The van der Waals surface area contributed by atoms with E-state index in [2.05, 4.69) is 240 Å². The average molecular weight is 878 g/mol. The molecule has 5 nitrogen and oxygen atoms in total. The van der Waals surface area contributed by atoms with Crippen LogP contribution in [-0.4, -0.2) is 24.1 Å². The highest BCUT2D eigenvalue weighted by Crippen LogP contribution is 2.63. The predicted molar refractivity (Wildman–Crippen MR) is 281 cm³/mol. The van der Waals surface area contributed by atoms with Crippen molar-refractivity contribution in [3.05, 3.63) is 259 Å². The van der Waals surface area contributed by atoms with Crippen LogP contribution >= 0.6 is 0 Å². The van der Waals surface area contributed by atoms with E-state index >= 15 is 0 Å². The molecule has 5 heteroatoms. The molecule has 3 aromatic heterocycles. The zero-order chi connectivity index (χ0) is 45.2. The van der Waals surface area contributed by atoms with Gasteiger partial charge in [0.15, 0.2) is 11.6 Å². The number of nitrogens with zero attached hydrogens (tertiary/aromatic N) is 5. The quantitative estimate of drug-likeness (QED) is 0.173. The van der Waals surface area contributed by atoms with E-state index in [9.17, 15) is 0 Å². The van der Waals surface area contributed by atoms with Gasteiger partial charge >= 0.3 is 0 Å². The van der Waals surface area contributed by atoms with Crippen molar-refractivity contribution in [2.75, 3.05) is 0 Å². The van der Waals surface area contributed by atoms with E-state index < -0.39 is 5.41 Å². The molecule has 0 amide bonds. The minimum Gasteiger partial charge on any atom is -0.309 e. The predicted octanol–water partition coefficient (Wildman–Crippen LogP) is 15.4. The number of fused-ring (bicyclic) bond motifs is 16. The molecule has 0 saturated carbocycles. The summed E-state index contributed by atoms with van der Waals surface area (Å²) in [5.74, 6) is 1.77. The van der Waals surface area contributed by atoms with Gasteiger partial charge in [-0.1, -0.05) is 194 Å². The zero-order valence-electron chi connectivity index (χ0n) is 37.3. The van der Waals surface area contributed by atoms with E-state index in [0.29, 0.717) is 17.6 Å². The first kappa shape index (κ1) is 38.0. The fourth-order valence-corrected chi connectivity index (χ4v) is 11.9. The molecule has 1 spiro atoms. The van der Waals surface area contributed by atoms with Crippen molar-refractivity contribution in [1.82, 2.24) is 24.1 Å². The summed E-state index contributed by atoms with van der Waals surface area (Å²) in [6.07, 6.45) is 0. The molecule has 2 aliphatic carbocycles. The molecule has 0 aliphatic heterocycles. The van der Waals surface area contributed by atoms with Crippen molar-refractivity contribution in [2.24, 2.45) is 0 Å². The molecule has 10 aromatic carbocycles. The van der Waals surface area contributed by atoms with Gasteiger partial charge in [0.2, 0.25) is 5.95 Å². The minimum atomic E-state index is -0.458. The highest BCUT2D eigenvalue weighted by atomic mass is 15.2. The van der Waals surface area contributed by atoms with Gasteiger partial charge in [-0.3, -0.25) is 4.57 Å². The second-order valence-corrected chi connectivity index (χ2v) is 18.3. The SMILES string of the molecule is c1ccc(-c2ccc(-c3nc(-c4cccc(-n5c6ccccc6c6cc7c(cc65)C5(c6ccccc6-c6ccccc65)c5ccccc5-7)c4)nc(-n4c5ccccc5c5ccccc54)n3)cc2)cc1. The van der Waals surface area contributed by atoms with Gasteiger partial charge in [-0.25, -0.2) is 4.98 Å². The topological polar surface area (TPSA) is 48.5 Å². The van der Waals surface area contributed by atoms with Crippen molar-refractivity contribution in [3.63, 3.8) is 0 Å². The highest BCUT2D eigenvalue weighted by molar-refractivity contribution is 6.13. The van der Waals surface area contributed by atoms with E-state index in [-0.39, 0.29) is 0 Å². The van der Waals surface area contributed by atoms with E-state index in [4.69, 9.17) is 15.0 Å². The Morgan fingerprint density at radius 2 is 0.739 bits per heavy atom. The van der Waals surface area contributed by atoms with E-state index in [1.54, 1.807) is 0 Å². The lowest BCUT2D eigenvalue weighted by Gasteiger charge is -2.30. The van der Waals surface area contributed by atoms with Gasteiger partial charge < -0.3 is 4.57 Å². The van der Waals surface area contributed by atoms with Crippen LogP contribution in [0.1, 0.15) is 22.3 Å². The molecular formula is C64H39N5. The van der Waals surface area contributed by atoms with Crippen LogP contribution in [0.5, 0.6) is 0 Å². The standard InChI is InChI=1S/C64H39N5/c1-2-17-40(18-3-1)41-33-35-42(36-34-41)61-65-62(67-63(66-61)69-58-31-14-7-24-48(58)49-25-8-15-32-59(49)69)43-19-16-20-44(37-43)68-57-30-13-9-26-50(57)52-38-51-47-23-6-12-29-55(47)64(56(51)39-60(52)68)53-27-10-4-21-45(53)46-22-5-11-28-54(46)64/h1-39H. The Hall–Kier alpha value is -9.19. The van der Waals surface area contributed by atoms with Crippen LogP contribution in [0.3, 0.4) is 0 Å². The number of hydrogen-bond acceptors (Lipinski definition) is 3. The van der Waals surface area contributed by atoms with Gasteiger partial charge in [0.25, 0.3) is 0 Å². The fourth-order valence-electron chi connectivity index (χ4n) is 11.9. The molecule has 0 saturated heterocycles. The molecule has 320 valence electrons. The summed E-state index contributed by atoms with van der Waals surface area (Å²) < 4.78 is 4.62. The summed E-state index contributed by atoms with van der Waals surface area (Å²) in [6, 6.07) is 85.6. The summed E-state index contributed by atoms with van der Waals surface area (Å²) in [7, 11) is 0. The molecule has 13 aromatic rings. The number of para-hydroxylation sites is 3. The Kier molecular flexibility index (Phi) is 7.93. The molecule has 0 bridgehead atoms. The summed E-state index contributed by atoms with van der Waals surface area (Å²) in [6.45, 7) is 0. The van der Waals surface area contributed by atoms with Crippen molar-refractivity contribution in [1.29, 1.82) is 0 Å². The van der Waals surface area contributed by atoms with Crippen LogP contribution < -0.4 is 0 Å². The van der Waals surface area contributed by atoms with E-state index in [1.807, 2.05) is 6.07 Å². The van der Waals surface area contributed by atoms with Crippen LogP contribution in [-0.2, 0) is 5.41 Å². The second kappa shape index (κ2) is 14.4. The first-order valence-electron chi connectivity index (χ1n) is 23.6. The smallest absolute Gasteiger partial charge is 0.238 e. The van der Waals surface area contributed by atoms with Gasteiger partial charge in [-0.05, 0) is 98.1 Å². The van der Waals surface area contributed by atoms with Crippen LogP contribution in [0.4, 0.5) is 0 Å². The van der Waals surface area contributed by atoms with Crippen molar-refractivity contribution in [2.45, 2.75) is 5.41 Å². The number of hydrogen-bond donors (Lipinski definition) is 0. The summed E-state index contributed by atoms with van der Waals surface area (Å²) in [4.78, 5) is 16.0. The normalized spacial score (nSPS) is 13.0.